The Morgan fingerprint density at radius 1 is 1.08 bits per heavy atom. The molecule has 5 nitrogen and oxygen atoms in total. The average molecular weight is 359 g/mol. The maximum Gasteiger partial charge on any atom is 0.336 e. The van der Waals surface area contributed by atoms with Crippen molar-refractivity contribution in [2.45, 2.75) is 6.92 Å². The van der Waals surface area contributed by atoms with Gasteiger partial charge in [0.2, 0.25) is 0 Å². The quantitative estimate of drug-likeness (QED) is 0.654. The summed E-state index contributed by atoms with van der Waals surface area (Å²) in [7, 11) is 0. The van der Waals surface area contributed by atoms with Crippen LogP contribution >= 0.6 is 0 Å². The number of carbonyl (C=O) groups excluding carboxylic acids is 1. The number of hydrogen-bond donors (Lipinski definition) is 0. The minimum atomic E-state index is -1.03. The monoisotopic (exact) mass is 359 g/mol. The van der Waals surface area contributed by atoms with E-state index in [1.807, 2.05) is 0 Å². The highest BCUT2D eigenvalue weighted by Crippen LogP contribution is 2.21. The Balaban J connectivity index is 1.74. The summed E-state index contributed by atoms with van der Waals surface area (Å²) in [5.41, 5.74) is 0.0983. The number of likely N-dealkylation sites (N-methyl/N-ethyl adjacent to an activating group) is 1. The number of nitrogens with zero attached hydrogens (tertiary/aromatic N) is 1. The Bertz CT molecular complexity index is 1020. The van der Waals surface area contributed by atoms with Gasteiger partial charge in [0.15, 0.2) is 18.2 Å². The van der Waals surface area contributed by atoms with Gasteiger partial charge >= 0.3 is 5.63 Å². The number of anilines is 1. The van der Waals surface area contributed by atoms with Crippen LogP contribution in [0.3, 0.4) is 0 Å². The van der Waals surface area contributed by atoms with Crippen LogP contribution < -0.4 is 15.3 Å². The van der Waals surface area contributed by atoms with Gasteiger partial charge in [-0.25, -0.2) is 13.6 Å². The van der Waals surface area contributed by atoms with Gasteiger partial charge < -0.3 is 14.1 Å². The maximum atomic E-state index is 13.4. The first-order valence-corrected chi connectivity index (χ1v) is 7.90. The van der Waals surface area contributed by atoms with Gasteiger partial charge in [-0.05, 0) is 37.3 Å². The molecule has 26 heavy (non-hydrogen) atoms. The lowest BCUT2D eigenvalue weighted by molar-refractivity contribution is -0.120. The van der Waals surface area contributed by atoms with Gasteiger partial charge in [-0.1, -0.05) is 0 Å². The molecule has 3 aromatic rings. The second-order valence-corrected chi connectivity index (χ2v) is 5.48. The summed E-state index contributed by atoms with van der Waals surface area (Å²) in [4.78, 5) is 24.9. The standard InChI is InChI=1S/C19H15F2NO4/c1-2-22(13-5-7-15(20)16(21)9-13)18(23)11-25-14-6-3-12-4-8-19(24)26-17(12)10-14/h3-10H,2,11H2,1H3. The van der Waals surface area contributed by atoms with E-state index in [2.05, 4.69) is 0 Å². The molecule has 7 heteroatoms. The number of rotatable bonds is 5. The molecule has 3 rings (SSSR count). The average Bonchev–Trinajstić information content (AvgIpc) is 2.63. The fraction of sp³-hybridized carbons (Fsp3) is 0.158. The van der Waals surface area contributed by atoms with Crippen molar-refractivity contribution in [3.05, 3.63) is 70.6 Å². The zero-order valence-electron chi connectivity index (χ0n) is 13.9. The first-order valence-electron chi connectivity index (χ1n) is 7.90. The van der Waals surface area contributed by atoms with E-state index >= 15 is 0 Å². The van der Waals surface area contributed by atoms with Gasteiger partial charge in [0, 0.05) is 35.8 Å². The highest BCUT2D eigenvalue weighted by Gasteiger charge is 2.16. The zero-order chi connectivity index (χ0) is 18.7. The topological polar surface area (TPSA) is 59.8 Å². The molecule has 0 saturated heterocycles. The molecule has 0 unspecified atom stereocenters. The van der Waals surface area contributed by atoms with Gasteiger partial charge in [-0.15, -0.1) is 0 Å². The lowest BCUT2D eigenvalue weighted by Gasteiger charge is -2.21. The molecule has 1 amide bonds. The van der Waals surface area contributed by atoms with Crippen molar-refractivity contribution >= 4 is 22.6 Å². The molecule has 2 aromatic carbocycles. The third kappa shape index (κ3) is 3.72. The van der Waals surface area contributed by atoms with E-state index in [1.54, 1.807) is 25.1 Å². The molecule has 0 bridgehead atoms. The predicted octanol–water partition coefficient (Wildman–Crippen LogP) is 3.50. The van der Waals surface area contributed by atoms with Crippen LogP contribution in [0.1, 0.15) is 6.92 Å². The molecule has 0 aliphatic rings. The van der Waals surface area contributed by atoms with Gasteiger partial charge in [-0.2, -0.15) is 0 Å². The molecule has 0 radical (unpaired) electrons. The molecule has 0 spiro atoms. The van der Waals surface area contributed by atoms with E-state index < -0.39 is 23.2 Å². The van der Waals surface area contributed by atoms with Crippen LogP contribution in [0.2, 0.25) is 0 Å². The number of halogens is 2. The Morgan fingerprint density at radius 3 is 2.58 bits per heavy atom. The van der Waals surface area contributed by atoms with E-state index in [1.165, 1.54) is 23.1 Å². The Hall–Kier alpha value is -3.22. The summed E-state index contributed by atoms with van der Waals surface area (Å²) in [6.07, 6.45) is 0. The summed E-state index contributed by atoms with van der Waals surface area (Å²) in [6.45, 7) is 1.67. The number of ether oxygens (including phenoxy) is 1. The highest BCUT2D eigenvalue weighted by molar-refractivity contribution is 5.94. The lowest BCUT2D eigenvalue weighted by atomic mass is 10.2. The van der Waals surface area contributed by atoms with Crippen molar-refractivity contribution < 1.29 is 22.7 Å². The third-order valence-corrected chi connectivity index (χ3v) is 3.79. The van der Waals surface area contributed by atoms with Gasteiger partial charge in [0.1, 0.15) is 11.3 Å². The molecule has 0 aliphatic carbocycles. The van der Waals surface area contributed by atoms with Crippen molar-refractivity contribution in [3.63, 3.8) is 0 Å². The molecule has 0 aliphatic heterocycles. The molecule has 0 atom stereocenters. The molecular formula is C19H15F2NO4. The second kappa shape index (κ2) is 7.35. The van der Waals surface area contributed by atoms with Crippen LogP contribution in [0.5, 0.6) is 5.75 Å². The Morgan fingerprint density at radius 2 is 1.85 bits per heavy atom. The highest BCUT2D eigenvalue weighted by atomic mass is 19.2. The maximum absolute atomic E-state index is 13.4. The van der Waals surface area contributed by atoms with E-state index in [0.717, 1.165) is 17.5 Å². The molecule has 1 aromatic heterocycles. The second-order valence-electron chi connectivity index (χ2n) is 5.48. The predicted molar refractivity (Wildman–Crippen MR) is 92.4 cm³/mol. The van der Waals surface area contributed by atoms with Gasteiger partial charge in [-0.3, -0.25) is 4.79 Å². The van der Waals surface area contributed by atoms with E-state index in [0.29, 0.717) is 11.3 Å². The summed E-state index contributed by atoms with van der Waals surface area (Å²) < 4.78 is 37.0. The Kier molecular flexibility index (Phi) is 4.97. The van der Waals surface area contributed by atoms with Gasteiger partial charge in [0.05, 0.1) is 0 Å². The van der Waals surface area contributed by atoms with Crippen LogP contribution in [0.15, 0.2) is 57.7 Å². The first-order chi connectivity index (χ1) is 12.5. The number of carbonyl (C=O) groups is 1. The minimum absolute atomic E-state index is 0.240. The van der Waals surface area contributed by atoms with Crippen molar-refractivity contribution in [1.82, 2.24) is 0 Å². The summed E-state index contributed by atoms with van der Waals surface area (Å²) in [5.74, 6) is -2.08. The molecule has 134 valence electrons. The van der Waals surface area contributed by atoms with Crippen molar-refractivity contribution in [1.29, 1.82) is 0 Å². The third-order valence-electron chi connectivity index (χ3n) is 3.79. The number of benzene rings is 2. The molecule has 0 fully saturated rings. The van der Waals surface area contributed by atoms with E-state index in [4.69, 9.17) is 9.15 Å². The van der Waals surface area contributed by atoms with Gasteiger partial charge in [0.25, 0.3) is 5.91 Å². The summed E-state index contributed by atoms with van der Waals surface area (Å²) in [5, 5.41) is 0.722. The molecule has 1 heterocycles. The van der Waals surface area contributed by atoms with Crippen molar-refractivity contribution in [3.8, 4) is 5.75 Å². The minimum Gasteiger partial charge on any atom is -0.484 e. The zero-order valence-corrected chi connectivity index (χ0v) is 13.9. The van der Waals surface area contributed by atoms with Crippen LogP contribution in [0, 0.1) is 11.6 Å². The van der Waals surface area contributed by atoms with E-state index in [9.17, 15) is 18.4 Å². The molecule has 0 N–H and O–H groups in total. The number of amides is 1. The fourth-order valence-electron chi connectivity index (χ4n) is 2.51. The van der Waals surface area contributed by atoms with Crippen LogP contribution in [0.25, 0.3) is 11.0 Å². The first kappa shape index (κ1) is 17.6. The molecular weight excluding hydrogens is 344 g/mol. The summed E-state index contributed by atoms with van der Waals surface area (Å²) >= 11 is 0. The van der Waals surface area contributed by atoms with Crippen LogP contribution in [0.4, 0.5) is 14.5 Å². The number of hydrogen-bond acceptors (Lipinski definition) is 4. The van der Waals surface area contributed by atoms with Crippen LogP contribution in [-0.4, -0.2) is 19.1 Å². The lowest BCUT2D eigenvalue weighted by Crippen LogP contribution is -2.34. The normalized spacial score (nSPS) is 10.7. The van der Waals surface area contributed by atoms with Crippen molar-refractivity contribution in [2.75, 3.05) is 18.1 Å². The number of fused-ring (bicyclic) bond motifs is 1. The smallest absolute Gasteiger partial charge is 0.336 e. The molecule has 0 saturated carbocycles. The van der Waals surface area contributed by atoms with Crippen molar-refractivity contribution in [2.24, 2.45) is 0 Å². The fourth-order valence-corrected chi connectivity index (χ4v) is 2.51. The van der Waals surface area contributed by atoms with E-state index in [-0.39, 0.29) is 18.8 Å². The SMILES string of the molecule is CCN(C(=O)COc1ccc2ccc(=O)oc2c1)c1ccc(F)c(F)c1. The largest absolute Gasteiger partial charge is 0.484 e. The summed E-state index contributed by atoms with van der Waals surface area (Å²) in [6, 6.07) is 11.0. The Labute approximate surface area is 147 Å². The van der Waals surface area contributed by atoms with Crippen LogP contribution in [-0.2, 0) is 4.79 Å².